The molecule has 1 saturated carbocycles. The molecular weight excluding hydrogens is 248 g/mol. The van der Waals surface area contributed by atoms with Crippen molar-refractivity contribution in [3.8, 4) is 0 Å². The maximum atomic E-state index is 11.7. The van der Waals surface area contributed by atoms with Gasteiger partial charge in [0, 0.05) is 17.5 Å². The highest BCUT2D eigenvalue weighted by molar-refractivity contribution is 7.92. The molecule has 0 saturated heterocycles. The normalized spacial score (nSPS) is 18.7. The predicted octanol–water partition coefficient (Wildman–Crippen LogP) is 1.46. The fourth-order valence-corrected chi connectivity index (χ4v) is 2.75. The van der Waals surface area contributed by atoms with Gasteiger partial charge in [0.2, 0.25) is 10.0 Å². The standard InChI is InChI=1S/C13H18N2O2S/c14-13(8-4-9-13)11-15-18(16,17)10-7-12-5-2-1-3-6-12/h1-3,5-7,10,15H,4,8-9,11,14H2/b10-7+. The molecule has 0 amide bonds. The fourth-order valence-electron chi connectivity index (χ4n) is 1.83. The molecule has 1 aliphatic rings. The van der Waals surface area contributed by atoms with E-state index >= 15 is 0 Å². The second kappa shape index (κ2) is 5.22. The molecule has 98 valence electrons. The van der Waals surface area contributed by atoms with Gasteiger partial charge in [-0.15, -0.1) is 0 Å². The summed E-state index contributed by atoms with van der Waals surface area (Å²) in [5.41, 5.74) is 6.48. The summed E-state index contributed by atoms with van der Waals surface area (Å²) in [5.74, 6) is 0. The molecule has 5 heteroatoms. The molecule has 1 fully saturated rings. The zero-order valence-electron chi connectivity index (χ0n) is 10.2. The van der Waals surface area contributed by atoms with Crippen molar-refractivity contribution < 1.29 is 8.42 Å². The molecular formula is C13H18N2O2S. The van der Waals surface area contributed by atoms with Crippen LogP contribution in [-0.2, 0) is 10.0 Å². The van der Waals surface area contributed by atoms with E-state index in [9.17, 15) is 8.42 Å². The van der Waals surface area contributed by atoms with E-state index in [0.717, 1.165) is 24.8 Å². The number of nitrogens with two attached hydrogens (primary N) is 1. The Morgan fingerprint density at radius 1 is 1.28 bits per heavy atom. The van der Waals surface area contributed by atoms with Gasteiger partial charge in [-0.1, -0.05) is 30.3 Å². The summed E-state index contributed by atoms with van der Waals surface area (Å²) in [7, 11) is -3.40. The highest BCUT2D eigenvalue weighted by atomic mass is 32.2. The number of hydrogen-bond acceptors (Lipinski definition) is 3. The lowest BCUT2D eigenvalue weighted by Crippen LogP contribution is -2.54. The van der Waals surface area contributed by atoms with Crippen LogP contribution in [0.25, 0.3) is 6.08 Å². The van der Waals surface area contributed by atoms with Gasteiger partial charge in [-0.3, -0.25) is 0 Å². The van der Waals surface area contributed by atoms with Crippen LogP contribution in [0.4, 0.5) is 0 Å². The monoisotopic (exact) mass is 266 g/mol. The van der Waals surface area contributed by atoms with Gasteiger partial charge in [-0.25, -0.2) is 13.1 Å². The SMILES string of the molecule is NC1(CNS(=O)(=O)/C=C/c2ccccc2)CCC1. The molecule has 0 atom stereocenters. The number of nitrogens with one attached hydrogen (secondary N) is 1. The summed E-state index contributed by atoms with van der Waals surface area (Å²) in [6.07, 6.45) is 4.43. The van der Waals surface area contributed by atoms with Gasteiger partial charge in [0.1, 0.15) is 0 Å². The van der Waals surface area contributed by atoms with Crippen LogP contribution in [-0.4, -0.2) is 20.5 Å². The van der Waals surface area contributed by atoms with Crippen molar-refractivity contribution in [3.05, 3.63) is 41.3 Å². The number of rotatable bonds is 5. The van der Waals surface area contributed by atoms with Gasteiger partial charge < -0.3 is 5.73 Å². The molecule has 4 nitrogen and oxygen atoms in total. The zero-order valence-corrected chi connectivity index (χ0v) is 11.0. The van der Waals surface area contributed by atoms with Crippen molar-refractivity contribution in [2.75, 3.05) is 6.54 Å². The van der Waals surface area contributed by atoms with Crippen LogP contribution < -0.4 is 10.5 Å². The van der Waals surface area contributed by atoms with E-state index in [-0.39, 0.29) is 5.54 Å². The summed E-state index contributed by atoms with van der Waals surface area (Å²) in [6.45, 7) is 0.314. The van der Waals surface area contributed by atoms with Gasteiger partial charge in [0.15, 0.2) is 0 Å². The van der Waals surface area contributed by atoms with E-state index < -0.39 is 10.0 Å². The first-order valence-corrected chi connectivity index (χ1v) is 7.56. The highest BCUT2D eigenvalue weighted by Crippen LogP contribution is 2.28. The molecule has 1 aromatic rings. The molecule has 1 aromatic carbocycles. The average molecular weight is 266 g/mol. The van der Waals surface area contributed by atoms with E-state index in [1.54, 1.807) is 6.08 Å². The quantitative estimate of drug-likeness (QED) is 0.847. The molecule has 0 unspecified atom stereocenters. The van der Waals surface area contributed by atoms with Crippen molar-refractivity contribution in [3.63, 3.8) is 0 Å². The molecule has 0 aromatic heterocycles. The third-order valence-corrected chi connectivity index (χ3v) is 4.26. The number of sulfonamides is 1. The van der Waals surface area contributed by atoms with Crippen molar-refractivity contribution in [2.45, 2.75) is 24.8 Å². The lowest BCUT2D eigenvalue weighted by molar-refractivity contribution is 0.251. The van der Waals surface area contributed by atoms with Crippen molar-refractivity contribution >= 4 is 16.1 Å². The Kier molecular flexibility index (Phi) is 3.85. The maximum absolute atomic E-state index is 11.7. The summed E-state index contributed by atoms with van der Waals surface area (Å²) < 4.78 is 26.0. The van der Waals surface area contributed by atoms with E-state index in [1.165, 1.54) is 5.41 Å². The Morgan fingerprint density at radius 2 is 1.94 bits per heavy atom. The third kappa shape index (κ3) is 3.66. The van der Waals surface area contributed by atoms with Gasteiger partial charge in [-0.05, 0) is 30.9 Å². The second-order valence-electron chi connectivity index (χ2n) is 4.80. The summed E-state index contributed by atoms with van der Waals surface area (Å²) >= 11 is 0. The second-order valence-corrected chi connectivity index (χ2v) is 6.45. The van der Waals surface area contributed by atoms with Gasteiger partial charge >= 0.3 is 0 Å². The maximum Gasteiger partial charge on any atom is 0.233 e. The first-order chi connectivity index (χ1) is 8.49. The van der Waals surface area contributed by atoms with E-state index in [4.69, 9.17) is 5.73 Å². The minimum atomic E-state index is -3.40. The molecule has 0 heterocycles. The van der Waals surface area contributed by atoms with Crippen LogP contribution in [0.15, 0.2) is 35.7 Å². The van der Waals surface area contributed by atoms with Crippen LogP contribution in [0.3, 0.4) is 0 Å². The van der Waals surface area contributed by atoms with Crippen LogP contribution >= 0.6 is 0 Å². The minimum Gasteiger partial charge on any atom is -0.324 e. The number of benzene rings is 1. The first kappa shape index (κ1) is 13.3. The van der Waals surface area contributed by atoms with Crippen molar-refractivity contribution in [1.29, 1.82) is 0 Å². The van der Waals surface area contributed by atoms with Crippen molar-refractivity contribution in [2.24, 2.45) is 5.73 Å². The molecule has 3 N–H and O–H groups in total. The summed E-state index contributed by atoms with van der Waals surface area (Å²) in [6, 6.07) is 9.32. The molecule has 0 radical (unpaired) electrons. The predicted molar refractivity (Wildman–Crippen MR) is 73.2 cm³/mol. The van der Waals surface area contributed by atoms with Crippen LogP contribution in [0.5, 0.6) is 0 Å². The van der Waals surface area contributed by atoms with Gasteiger partial charge in [-0.2, -0.15) is 0 Å². The van der Waals surface area contributed by atoms with Crippen molar-refractivity contribution in [1.82, 2.24) is 4.72 Å². The smallest absolute Gasteiger partial charge is 0.233 e. The van der Waals surface area contributed by atoms with E-state index in [2.05, 4.69) is 4.72 Å². The molecule has 0 bridgehead atoms. The average Bonchev–Trinajstić information content (AvgIpc) is 2.33. The Labute approximate surface area is 108 Å². The van der Waals surface area contributed by atoms with Gasteiger partial charge in [0.05, 0.1) is 0 Å². The Hall–Kier alpha value is -1.17. The van der Waals surface area contributed by atoms with Gasteiger partial charge in [0.25, 0.3) is 0 Å². The molecule has 0 spiro atoms. The topological polar surface area (TPSA) is 72.2 Å². The Bertz CT molecular complexity index is 519. The van der Waals surface area contributed by atoms with Crippen LogP contribution in [0.1, 0.15) is 24.8 Å². The van der Waals surface area contributed by atoms with E-state index in [0.29, 0.717) is 6.54 Å². The Morgan fingerprint density at radius 3 is 2.50 bits per heavy atom. The fraction of sp³-hybridized carbons (Fsp3) is 0.385. The zero-order chi connectivity index (χ0) is 13.1. The lowest BCUT2D eigenvalue weighted by atomic mass is 9.78. The van der Waals surface area contributed by atoms with E-state index in [1.807, 2.05) is 30.3 Å². The Balaban J connectivity index is 1.93. The third-order valence-electron chi connectivity index (χ3n) is 3.21. The first-order valence-electron chi connectivity index (χ1n) is 6.01. The van der Waals surface area contributed by atoms with Crippen LogP contribution in [0.2, 0.25) is 0 Å². The minimum absolute atomic E-state index is 0.314. The summed E-state index contributed by atoms with van der Waals surface area (Å²) in [4.78, 5) is 0. The number of hydrogen-bond donors (Lipinski definition) is 2. The molecule has 1 aliphatic carbocycles. The molecule has 2 rings (SSSR count). The summed E-state index contributed by atoms with van der Waals surface area (Å²) in [5, 5.41) is 1.18. The van der Waals surface area contributed by atoms with Crippen LogP contribution in [0, 0.1) is 0 Å². The lowest BCUT2D eigenvalue weighted by Gasteiger charge is -2.37. The highest BCUT2D eigenvalue weighted by Gasteiger charge is 2.33. The largest absolute Gasteiger partial charge is 0.324 e. The molecule has 18 heavy (non-hydrogen) atoms. The molecule has 0 aliphatic heterocycles.